The van der Waals surface area contributed by atoms with Gasteiger partial charge in [-0.3, -0.25) is 4.79 Å². The van der Waals surface area contributed by atoms with E-state index >= 15 is 0 Å². The SMILES string of the molecule is COC(=O)c1c(-c2ccc(C)cc2)csc1NC(=O)CSc1nnc(C)s1. The van der Waals surface area contributed by atoms with E-state index < -0.39 is 5.97 Å². The zero-order chi connectivity index (χ0) is 19.4. The van der Waals surface area contributed by atoms with E-state index in [0.717, 1.165) is 26.0 Å². The lowest BCUT2D eigenvalue weighted by Gasteiger charge is -2.07. The van der Waals surface area contributed by atoms with Crippen LogP contribution in [-0.4, -0.2) is 34.9 Å². The minimum atomic E-state index is -0.477. The molecule has 0 saturated heterocycles. The summed E-state index contributed by atoms with van der Waals surface area (Å²) in [7, 11) is 1.33. The number of rotatable bonds is 6. The van der Waals surface area contributed by atoms with Gasteiger partial charge in [0.1, 0.15) is 15.6 Å². The number of carbonyl (C=O) groups is 2. The van der Waals surface area contributed by atoms with Gasteiger partial charge in [0.25, 0.3) is 0 Å². The molecule has 3 aromatic rings. The number of hydrogen-bond donors (Lipinski definition) is 1. The molecule has 6 nitrogen and oxygen atoms in total. The van der Waals surface area contributed by atoms with E-state index in [1.54, 1.807) is 0 Å². The van der Waals surface area contributed by atoms with Crippen LogP contribution < -0.4 is 5.32 Å². The number of carbonyl (C=O) groups excluding carboxylic acids is 2. The Morgan fingerprint density at radius 1 is 1.19 bits per heavy atom. The Labute approximate surface area is 169 Å². The summed E-state index contributed by atoms with van der Waals surface area (Å²) in [5.74, 6) is -0.502. The quantitative estimate of drug-likeness (QED) is 0.471. The topological polar surface area (TPSA) is 81.2 Å². The molecule has 3 rings (SSSR count). The molecule has 9 heteroatoms. The van der Waals surface area contributed by atoms with Crippen molar-refractivity contribution in [2.45, 2.75) is 18.2 Å². The molecule has 0 unspecified atom stereocenters. The van der Waals surface area contributed by atoms with E-state index in [4.69, 9.17) is 4.74 Å². The summed E-state index contributed by atoms with van der Waals surface area (Å²) >= 11 is 4.06. The molecule has 1 amide bonds. The Balaban J connectivity index is 1.79. The number of nitrogens with one attached hydrogen (secondary N) is 1. The van der Waals surface area contributed by atoms with Crippen LogP contribution in [0, 0.1) is 13.8 Å². The van der Waals surface area contributed by atoms with E-state index in [1.807, 2.05) is 43.5 Å². The molecule has 0 atom stereocenters. The number of benzene rings is 1. The molecule has 27 heavy (non-hydrogen) atoms. The van der Waals surface area contributed by atoms with Crippen LogP contribution in [0.3, 0.4) is 0 Å². The van der Waals surface area contributed by atoms with Crippen molar-refractivity contribution in [2.75, 3.05) is 18.2 Å². The summed E-state index contributed by atoms with van der Waals surface area (Å²) in [6.07, 6.45) is 0. The first-order valence-corrected chi connectivity index (χ1v) is 10.7. The Kier molecular flexibility index (Phi) is 6.25. The molecule has 1 N–H and O–H groups in total. The maximum absolute atomic E-state index is 12.3. The molecule has 2 aromatic heterocycles. The van der Waals surface area contributed by atoms with Gasteiger partial charge in [-0.25, -0.2) is 4.79 Å². The Bertz CT molecular complexity index is 964. The molecular formula is C18H17N3O3S3. The normalized spacial score (nSPS) is 10.6. The second-order valence-corrected chi connectivity index (χ2v) is 8.92. The predicted molar refractivity (Wildman–Crippen MR) is 110 cm³/mol. The number of nitrogens with zero attached hydrogens (tertiary/aromatic N) is 2. The molecule has 0 bridgehead atoms. The molecule has 0 aliphatic rings. The van der Waals surface area contributed by atoms with E-state index in [-0.39, 0.29) is 11.7 Å². The van der Waals surface area contributed by atoms with Gasteiger partial charge in [-0.05, 0) is 19.4 Å². The van der Waals surface area contributed by atoms with Crippen molar-refractivity contribution < 1.29 is 14.3 Å². The lowest BCUT2D eigenvalue weighted by molar-refractivity contribution is -0.113. The van der Waals surface area contributed by atoms with Gasteiger partial charge in [0.05, 0.1) is 12.9 Å². The molecule has 0 saturated carbocycles. The fourth-order valence-electron chi connectivity index (χ4n) is 2.33. The van der Waals surface area contributed by atoms with Crippen LogP contribution >= 0.6 is 34.4 Å². The molecule has 0 spiro atoms. The summed E-state index contributed by atoms with van der Waals surface area (Å²) in [5, 5.41) is 13.9. The van der Waals surface area contributed by atoms with Crippen LogP contribution in [0.5, 0.6) is 0 Å². The summed E-state index contributed by atoms with van der Waals surface area (Å²) in [5.41, 5.74) is 3.15. The van der Waals surface area contributed by atoms with Gasteiger partial charge in [-0.1, -0.05) is 52.9 Å². The third-order valence-electron chi connectivity index (χ3n) is 3.63. The molecule has 0 fully saturated rings. The summed E-state index contributed by atoms with van der Waals surface area (Å²) in [6.45, 7) is 3.87. The van der Waals surface area contributed by atoms with E-state index in [1.165, 1.54) is 41.5 Å². The number of thiophene rings is 1. The maximum atomic E-state index is 12.3. The fourth-order valence-corrected chi connectivity index (χ4v) is 4.92. The third kappa shape index (κ3) is 4.74. The molecule has 0 radical (unpaired) electrons. The highest BCUT2D eigenvalue weighted by Crippen LogP contribution is 2.36. The average Bonchev–Trinajstić information content (AvgIpc) is 3.26. The highest BCUT2D eigenvalue weighted by Gasteiger charge is 2.22. The number of aromatic nitrogens is 2. The van der Waals surface area contributed by atoms with Crippen molar-refractivity contribution in [1.29, 1.82) is 0 Å². The first kappa shape index (κ1) is 19.5. The largest absolute Gasteiger partial charge is 0.465 e. The number of thioether (sulfide) groups is 1. The zero-order valence-electron chi connectivity index (χ0n) is 14.9. The Morgan fingerprint density at radius 3 is 2.56 bits per heavy atom. The molecule has 1 aromatic carbocycles. The summed E-state index contributed by atoms with van der Waals surface area (Å²) in [6, 6.07) is 7.85. The fraction of sp³-hybridized carbons (Fsp3) is 0.222. The highest BCUT2D eigenvalue weighted by molar-refractivity contribution is 8.01. The number of ether oxygens (including phenoxy) is 1. The highest BCUT2D eigenvalue weighted by atomic mass is 32.2. The lowest BCUT2D eigenvalue weighted by Crippen LogP contribution is -2.16. The zero-order valence-corrected chi connectivity index (χ0v) is 17.4. The number of methoxy groups -OCH3 is 1. The molecule has 0 aliphatic heterocycles. The van der Waals surface area contributed by atoms with Crippen LogP contribution in [0.25, 0.3) is 11.1 Å². The third-order valence-corrected chi connectivity index (χ3v) is 6.50. The van der Waals surface area contributed by atoms with Gasteiger partial charge < -0.3 is 10.1 Å². The van der Waals surface area contributed by atoms with Crippen molar-refractivity contribution in [3.63, 3.8) is 0 Å². The number of aryl methyl sites for hydroxylation is 2. The van der Waals surface area contributed by atoms with Gasteiger partial charge in [-0.2, -0.15) is 0 Å². The van der Waals surface area contributed by atoms with Crippen LogP contribution in [0.2, 0.25) is 0 Å². The number of hydrogen-bond acceptors (Lipinski definition) is 8. The van der Waals surface area contributed by atoms with Crippen LogP contribution in [0.15, 0.2) is 34.0 Å². The average molecular weight is 420 g/mol. The number of anilines is 1. The van der Waals surface area contributed by atoms with Gasteiger partial charge in [0.15, 0.2) is 4.34 Å². The van der Waals surface area contributed by atoms with Crippen molar-refractivity contribution >= 4 is 51.3 Å². The second-order valence-electron chi connectivity index (χ2n) is 5.63. The first-order chi connectivity index (χ1) is 13.0. The summed E-state index contributed by atoms with van der Waals surface area (Å²) in [4.78, 5) is 24.7. The van der Waals surface area contributed by atoms with E-state index in [9.17, 15) is 9.59 Å². The maximum Gasteiger partial charge on any atom is 0.341 e. The first-order valence-electron chi connectivity index (χ1n) is 7.97. The Hall–Kier alpha value is -2.23. The van der Waals surface area contributed by atoms with Gasteiger partial charge in [0, 0.05) is 10.9 Å². The van der Waals surface area contributed by atoms with Crippen LogP contribution in [0.4, 0.5) is 5.00 Å². The van der Waals surface area contributed by atoms with Gasteiger partial charge in [0.2, 0.25) is 5.91 Å². The predicted octanol–water partition coefficient (Wildman–Crippen LogP) is 4.40. The number of amides is 1. The van der Waals surface area contributed by atoms with Gasteiger partial charge in [-0.15, -0.1) is 21.5 Å². The van der Waals surface area contributed by atoms with E-state index in [0.29, 0.717) is 10.6 Å². The van der Waals surface area contributed by atoms with Crippen molar-refractivity contribution in [3.8, 4) is 11.1 Å². The monoisotopic (exact) mass is 419 g/mol. The van der Waals surface area contributed by atoms with Crippen LogP contribution in [0.1, 0.15) is 20.9 Å². The molecule has 2 heterocycles. The molecule has 0 aliphatic carbocycles. The molecule has 140 valence electrons. The second kappa shape index (κ2) is 8.64. The van der Waals surface area contributed by atoms with Crippen molar-refractivity contribution in [3.05, 3.63) is 45.8 Å². The van der Waals surface area contributed by atoms with Crippen LogP contribution in [-0.2, 0) is 9.53 Å². The number of esters is 1. The minimum absolute atomic E-state index is 0.188. The lowest BCUT2D eigenvalue weighted by atomic mass is 10.0. The van der Waals surface area contributed by atoms with Crippen molar-refractivity contribution in [1.82, 2.24) is 10.2 Å². The minimum Gasteiger partial charge on any atom is -0.465 e. The molecular weight excluding hydrogens is 402 g/mol. The standard InChI is InChI=1S/C18H17N3O3S3/c1-10-4-6-12(7-5-10)13-8-25-16(15(13)17(23)24-3)19-14(22)9-26-18-21-20-11(2)27-18/h4-8H,9H2,1-3H3,(H,19,22). The van der Waals surface area contributed by atoms with Gasteiger partial charge >= 0.3 is 5.97 Å². The smallest absolute Gasteiger partial charge is 0.341 e. The van der Waals surface area contributed by atoms with Crippen molar-refractivity contribution in [2.24, 2.45) is 0 Å². The summed E-state index contributed by atoms with van der Waals surface area (Å²) < 4.78 is 5.67. The van der Waals surface area contributed by atoms with E-state index in [2.05, 4.69) is 15.5 Å². The Morgan fingerprint density at radius 2 is 1.93 bits per heavy atom.